The minimum absolute atomic E-state index is 0.0281. The number of rotatable bonds is 7. The average Bonchev–Trinajstić information content (AvgIpc) is 2.90. The van der Waals surface area contributed by atoms with E-state index in [0.717, 1.165) is 11.1 Å². The van der Waals surface area contributed by atoms with Crippen LogP contribution in [0.1, 0.15) is 18.1 Å². The Balaban J connectivity index is 1.52. The minimum Gasteiger partial charge on any atom is -0.376 e. The fraction of sp³-hybridized carbons (Fsp3) is 0.400. The summed E-state index contributed by atoms with van der Waals surface area (Å²) in [5.41, 5.74) is 2.02. The predicted molar refractivity (Wildman–Crippen MR) is 107 cm³/mol. The predicted octanol–water partition coefficient (Wildman–Crippen LogP) is 5.94. The van der Waals surface area contributed by atoms with Gasteiger partial charge in [0.05, 0.1) is 25.1 Å². The van der Waals surface area contributed by atoms with Crippen LogP contribution in [0.5, 0.6) is 0 Å². The molecule has 0 N–H and O–H groups in total. The lowest BCUT2D eigenvalue weighted by Gasteiger charge is -2.21. The molecule has 0 spiro atoms. The summed E-state index contributed by atoms with van der Waals surface area (Å²) >= 11 is 13.4. The lowest BCUT2D eigenvalue weighted by atomic mass is 10.1. The fourth-order valence-corrected chi connectivity index (χ4v) is 4.55. The Morgan fingerprint density at radius 1 is 0.923 bits per heavy atom. The molecule has 0 aromatic heterocycles. The van der Waals surface area contributed by atoms with Crippen LogP contribution < -0.4 is 0 Å². The highest BCUT2D eigenvalue weighted by molar-refractivity contribution is 8.00. The smallest absolute Gasteiger partial charge is 0.139 e. The van der Waals surface area contributed by atoms with Gasteiger partial charge in [0.2, 0.25) is 0 Å². The van der Waals surface area contributed by atoms with Crippen LogP contribution in [0.25, 0.3) is 0 Å². The second-order valence-corrected chi connectivity index (χ2v) is 8.86. The SMILES string of the molecule is CC1S[C@H](COCc2ccc(Cl)cc2)[C@@H](OCc2ccc(Cl)cc2)[C@@H]1F. The third kappa shape index (κ3) is 5.37. The first-order valence-electron chi connectivity index (χ1n) is 8.50. The van der Waals surface area contributed by atoms with E-state index in [9.17, 15) is 4.39 Å². The van der Waals surface area contributed by atoms with Crippen LogP contribution in [0.4, 0.5) is 4.39 Å². The maximum absolute atomic E-state index is 14.6. The van der Waals surface area contributed by atoms with E-state index in [1.54, 1.807) is 11.8 Å². The van der Waals surface area contributed by atoms with Crippen molar-refractivity contribution in [1.82, 2.24) is 0 Å². The largest absolute Gasteiger partial charge is 0.376 e. The first-order chi connectivity index (χ1) is 12.5. The van der Waals surface area contributed by atoms with Crippen LogP contribution >= 0.6 is 35.0 Å². The van der Waals surface area contributed by atoms with Gasteiger partial charge < -0.3 is 9.47 Å². The van der Waals surface area contributed by atoms with Crippen molar-refractivity contribution in [1.29, 1.82) is 0 Å². The van der Waals surface area contributed by atoms with Crippen molar-refractivity contribution in [3.8, 4) is 0 Å². The molecular weight excluding hydrogens is 394 g/mol. The number of alkyl halides is 1. The molecule has 0 radical (unpaired) electrons. The lowest BCUT2D eigenvalue weighted by Crippen LogP contribution is -2.33. The molecule has 26 heavy (non-hydrogen) atoms. The quantitative estimate of drug-likeness (QED) is 0.558. The molecule has 1 saturated heterocycles. The van der Waals surface area contributed by atoms with E-state index < -0.39 is 12.3 Å². The zero-order chi connectivity index (χ0) is 18.5. The second-order valence-electron chi connectivity index (χ2n) is 6.37. The molecule has 2 aromatic carbocycles. The highest BCUT2D eigenvalue weighted by Crippen LogP contribution is 2.38. The molecule has 140 valence electrons. The van der Waals surface area contributed by atoms with Crippen molar-refractivity contribution in [3.05, 3.63) is 69.7 Å². The number of benzene rings is 2. The maximum Gasteiger partial charge on any atom is 0.139 e. The van der Waals surface area contributed by atoms with Crippen molar-refractivity contribution in [3.63, 3.8) is 0 Å². The van der Waals surface area contributed by atoms with Crippen LogP contribution in [-0.2, 0) is 22.7 Å². The van der Waals surface area contributed by atoms with Gasteiger partial charge in [-0.25, -0.2) is 4.39 Å². The third-order valence-corrected chi connectivity index (χ3v) is 6.29. The lowest BCUT2D eigenvalue weighted by molar-refractivity contribution is -0.0211. The van der Waals surface area contributed by atoms with E-state index in [-0.39, 0.29) is 10.5 Å². The number of hydrogen-bond acceptors (Lipinski definition) is 3. The minimum atomic E-state index is -1.00. The van der Waals surface area contributed by atoms with Gasteiger partial charge in [-0.2, -0.15) is 0 Å². The third-order valence-electron chi connectivity index (χ3n) is 4.34. The molecule has 0 amide bonds. The normalized spacial score (nSPS) is 25.5. The summed E-state index contributed by atoms with van der Waals surface area (Å²) in [6.45, 7) is 3.18. The number of ether oxygens (including phenoxy) is 2. The Bertz CT molecular complexity index is 696. The molecule has 1 fully saturated rings. The summed E-state index contributed by atoms with van der Waals surface area (Å²) in [6, 6.07) is 14.9. The summed E-state index contributed by atoms with van der Waals surface area (Å²) in [4.78, 5) is 0. The van der Waals surface area contributed by atoms with Crippen LogP contribution in [0, 0.1) is 0 Å². The van der Waals surface area contributed by atoms with Crippen LogP contribution in [0.3, 0.4) is 0 Å². The van der Waals surface area contributed by atoms with Crippen molar-refractivity contribution in [2.24, 2.45) is 0 Å². The second kappa shape index (κ2) is 9.43. The Labute approximate surface area is 168 Å². The van der Waals surface area contributed by atoms with Crippen molar-refractivity contribution in [2.75, 3.05) is 6.61 Å². The number of thioether (sulfide) groups is 1. The van der Waals surface area contributed by atoms with Gasteiger partial charge in [-0.3, -0.25) is 0 Å². The number of halogens is 3. The van der Waals surface area contributed by atoms with Gasteiger partial charge in [-0.1, -0.05) is 54.4 Å². The first-order valence-corrected chi connectivity index (χ1v) is 10.2. The monoisotopic (exact) mass is 414 g/mol. The van der Waals surface area contributed by atoms with Crippen LogP contribution in [-0.4, -0.2) is 29.4 Å². The van der Waals surface area contributed by atoms with Crippen LogP contribution in [0.15, 0.2) is 48.5 Å². The summed E-state index contributed by atoms with van der Waals surface area (Å²) in [5.74, 6) is 0. The molecule has 1 aliphatic heterocycles. The molecule has 4 atom stereocenters. The van der Waals surface area contributed by atoms with Crippen molar-refractivity contribution < 1.29 is 13.9 Å². The molecule has 2 nitrogen and oxygen atoms in total. The molecule has 0 saturated carbocycles. The van der Waals surface area contributed by atoms with Gasteiger partial charge in [-0.15, -0.1) is 11.8 Å². The molecule has 1 aliphatic rings. The average molecular weight is 415 g/mol. The summed E-state index contributed by atoms with van der Waals surface area (Å²) < 4.78 is 26.3. The molecule has 3 rings (SSSR count). The fourth-order valence-electron chi connectivity index (χ4n) is 2.88. The van der Waals surface area contributed by atoms with Crippen molar-refractivity contribution in [2.45, 2.75) is 42.9 Å². The Hall–Kier alpha value is -0.780. The topological polar surface area (TPSA) is 18.5 Å². The number of hydrogen-bond donors (Lipinski definition) is 0. The zero-order valence-electron chi connectivity index (χ0n) is 14.4. The highest BCUT2D eigenvalue weighted by atomic mass is 35.5. The van der Waals surface area contributed by atoms with E-state index >= 15 is 0 Å². The molecule has 0 aliphatic carbocycles. The van der Waals surface area contributed by atoms with E-state index in [1.807, 2.05) is 55.5 Å². The van der Waals surface area contributed by atoms with Gasteiger partial charge in [0, 0.05) is 15.3 Å². The van der Waals surface area contributed by atoms with Gasteiger partial charge in [0.25, 0.3) is 0 Å². The maximum atomic E-state index is 14.6. The molecule has 2 aromatic rings. The first kappa shape index (κ1) is 20.0. The zero-order valence-corrected chi connectivity index (χ0v) is 16.7. The van der Waals surface area contributed by atoms with Crippen LogP contribution in [0.2, 0.25) is 10.0 Å². The summed E-state index contributed by atoms with van der Waals surface area (Å²) in [7, 11) is 0. The van der Waals surface area contributed by atoms with Gasteiger partial charge in [0.15, 0.2) is 0 Å². The van der Waals surface area contributed by atoms with E-state index in [1.165, 1.54) is 0 Å². The van der Waals surface area contributed by atoms with Gasteiger partial charge in [-0.05, 0) is 35.4 Å². The van der Waals surface area contributed by atoms with E-state index in [4.69, 9.17) is 32.7 Å². The summed E-state index contributed by atoms with van der Waals surface area (Å²) in [6.07, 6.45) is -1.48. The standard InChI is InChI=1S/C20H21Cl2FO2S/c1-13-19(23)20(25-11-15-4-8-17(22)9-5-15)18(26-13)12-24-10-14-2-6-16(21)7-3-14/h2-9,13,18-20H,10-12H2,1H3/t13?,18-,19-,20-/m1/s1. The van der Waals surface area contributed by atoms with E-state index in [0.29, 0.717) is 29.9 Å². The van der Waals surface area contributed by atoms with Crippen molar-refractivity contribution >= 4 is 35.0 Å². The van der Waals surface area contributed by atoms with Gasteiger partial charge in [0.1, 0.15) is 12.3 Å². The molecular formula is C20H21Cl2FO2S. The Kier molecular flexibility index (Phi) is 7.24. The molecule has 6 heteroatoms. The van der Waals surface area contributed by atoms with E-state index in [2.05, 4.69) is 0 Å². The molecule has 0 bridgehead atoms. The molecule has 1 heterocycles. The summed E-state index contributed by atoms with van der Waals surface area (Å²) in [5, 5.41) is 1.24. The van der Waals surface area contributed by atoms with Gasteiger partial charge >= 0.3 is 0 Å². The Morgan fingerprint density at radius 2 is 1.46 bits per heavy atom. The molecule has 1 unspecified atom stereocenters. The Morgan fingerprint density at radius 3 is 2.04 bits per heavy atom. The highest BCUT2D eigenvalue weighted by Gasteiger charge is 2.43.